The molecule has 0 N–H and O–H groups in total. The zero-order valence-corrected chi connectivity index (χ0v) is 18.1. The number of carbonyl (C=O) groups excluding carboxylic acids is 2. The van der Waals surface area contributed by atoms with Crippen LogP contribution in [-0.4, -0.2) is 60.0 Å². The molecule has 0 bridgehead atoms. The number of likely N-dealkylation sites (tertiary alicyclic amines) is 1. The normalized spacial score (nSPS) is 22.5. The lowest BCUT2D eigenvalue weighted by molar-refractivity contribution is -0.147. The van der Waals surface area contributed by atoms with Gasteiger partial charge in [-0.15, -0.1) is 0 Å². The first-order chi connectivity index (χ1) is 15.0. The third-order valence-corrected chi connectivity index (χ3v) is 7.33. The Labute approximate surface area is 183 Å². The zero-order chi connectivity index (χ0) is 21.4. The van der Waals surface area contributed by atoms with Gasteiger partial charge in [0.05, 0.1) is 30.6 Å². The first-order valence-electron chi connectivity index (χ1n) is 11.4. The zero-order valence-electron chi connectivity index (χ0n) is 18.1. The summed E-state index contributed by atoms with van der Waals surface area (Å²) in [7, 11) is 0. The van der Waals surface area contributed by atoms with Crippen molar-refractivity contribution in [3.05, 3.63) is 59.0 Å². The van der Waals surface area contributed by atoms with E-state index in [0.29, 0.717) is 56.4 Å². The highest BCUT2D eigenvalue weighted by atomic mass is 16.5. The van der Waals surface area contributed by atoms with Crippen molar-refractivity contribution < 1.29 is 18.7 Å². The first kappa shape index (κ1) is 20.3. The van der Waals surface area contributed by atoms with Crippen molar-refractivity contribution in [2.24, 2.45) is 0 Å². The van der Waals surface area contributed by atoms with Crippen molar-refractivity contribution in [3.8, 4) is 0 Å². The average molecular weight is 423 g/mol. The minimum atomic E-state index is -0.345. The Morgan fingerprint density at radius 3 is 2.68 bits per heavy atom. The molecule has 1 aromatic carbocycles. The molecule has 3 aliphatic rings. The Morgan fingerprint density at radius 2 is 1.90 bits per heavy atom. The Balaban J connectivity index is 1.18. The molecular formula is C25H30N2O4. The van der Waals surface area contributed by atoms with Gasteiger partial charge in [0.25, 0.3) is 5.91 Å². The van der Waals surface area contributed by atoms with Gasteiger partial charge in [-0.1, -0.05) is 24.3 Å². The van der Waals surface area contributed by atoms with E-state index in [1.165, 1.54) is 11.1 Å². The predicted octanol–water partition coefficient (Wildman–Crippen LogP) is 3.54. The molecule has 2 saturated heterocycles. The van der Waals surface area contributed by atoms with Gasteiger partial charge in [-0.3, -0.25) is 9.59 Å². The highest BCUT2D eigenvalue weighted by Crippen LogP contribution is 2.37. The monoisotopic (exact) mass is 422 g/mol. The lowest BCUT2D eigenvalue weighted by atomic mass is 9.88. The largest absolute Gasteiger partial charge is 0.469 e. The maximum atomic E-state index is 13.0. The number of hydrogen-bond acceptors (Lipinski definition) is 4. The lowest BCUT2D eigenvalue weighted by Gasteiger charge is -2.47. The molecule has 31 heavy (non-hydrogen) atoms. The maximum absolute atomic E-state index is 13.0. The van der Waals surface area contributed by atoms with E-state index in [1.807, 2.05) is 16.7 Å². The second-order valence-electron chi connectivity index (χ2n) is 9.17. The molecule has 6 heteroatoms. The summed E-state index contributed by atoms with van der Waals surface area (Å²) >= 11 is 0. The summed E-state index contributed by atoms with van der Waals surface area (Å²) in [5.41, 5.74) is 3.03. The van der Waals surface area contributed by atoms with Gasteiger partial charge in [-0.2, -0.15) is 0 Å². The fraction of sp³-hybridized carbons (Fsp3) is 0.520. The number of hydrogen-bond donors (Lipinski definition) is 0. The molecular weight excluding hydrogens is 392 g/mol. The van der Waals surface area contributed by atoms with E-state index in [2.05, 4.69) is 24.3 Å². The topological polar surface area (TPSA) is 63.0 Å². The number of benzene rings is 1. The molecule has 2 aliphatic heterocycles. The minimum Gasteiger partial charge on any atom is -0.469 e. The van der Waals surface area contributed by atoms with Crippen molar-refractivity contribution in [3.63, 3.8) is 0 Å². The van der Waals surface area contributed by atoms with E-state index in [9.17, 15) is 9.59 Å². The van der Waals surface area contributed by atoms with Gasteiger partial charge < -0.3 is 19.0 Å². The van der Waals surface area contributed by atoms with Gasteiger partial charge in [0.15, 0.2) is 0 Å². The number of aryl methyl sites for hydroxylation is 2. The lowest BCUT2D eigenvalue weighted by Crippen LogP contribution is -2.58. The van der Waals surface area contributed by atoms with Gasteiger partial charge in [0, 0.05) is 26.1 Å². The molecule has 3 heterocycles. The van der Waals surface area contributed by atoms with Crippen molar-refractivity contribution in [1.82, 2.24) is 9.80 Å². The number of morpholine rings is 1. The summed E-state index contributed by atoms with van der Waals surface area (Å²) in [6.07, 6.45) is 5.84. The molecule has 1 aromatic heterocycles. The van der Waals surface area contributed by atoms with E-state index in [4.69, 9.17) is 9.15 Å². The summed E-state index contributed by atoms with van der Waals surface area (Å²) in [5.74, 6) is 1.25. The van der Waals surface area contributed by atoms with Crippen LogP contribution in [0.5, 0.6) is 0 Å². The molecule has 0 radical (unpaired) electrons. The summed E-state index contributed by atoms with van der Waals surface area (Å²) in [5, 5.41) is 0. The summed E-state index contributed by atoms with van der Waals surface area (Å²) in [6.45, 7) is 4.91. The maximum Gasteiger partial charge on any atom is 0.257 e. The predicted molar refractivity (Wildman–Crippen MR) is 116 cm³/mol. The summed E-state index contributed by atoms with van der Waals surface area (Å²) < 4.78 is 11.5. The average Bonchev–Trinajstić information content (AvgIpc) is 3.40. The molecule has 1 spiro atoms. The second-order valence-corrected chi connectivity index (χ2v) is 9.17. The highest BCUT2D eigenvalue weighted by molar-refractivity contribution is 5.95. The van der Waals surface area contributed by atoms with Crippen LogP contribution in [0.25, 0.3) is 0 Å². The molecule has 2 aromatic rings. The number of furan rings is 1. The van der Waals surface area contributed by atoms with Crippen molar-refractivity contribution >= 4 is 11.8 Å². The Bertz CT molecular complexity index is 973. The van der Waals surface area contributed by atoms with Crippen molar-refractivity contribution in [1.29, 1.82) is 0 Å². The Hall–Kier alpha value is -2.60. The van der Waals surface area contributed by atoms with Crippen LogP contribution in [0.2, 0.25) is 0 Å². The van der Waals surface area contributed by atoms with E-state index < -0.39 is 0 Å². The third-order valence-electron chi connectivity index (χ3n) is 7.33. The summed E-state index contributed by atoms with van der Waals surface area (Å²) in [6, 6.07) is 10.3. The molecule has 5 rings (SSSR count). The van der Waals surface area contributed by atoms with Crippen LogP contribution in [0.4, 0.5) is 0 Å². The van der Waals surface area contributed by atoms with Crippen LogP contribution >= 0.6 is 0 Å². The number of rotatable bonds is 3. The number of ether oxygens (including phenoxy) is 1. The van der Waals surface area contributed by atoms with E-state index in [0.717, 1.165) is 25.7 Å². The van der Waals surface area contributed by atoms with Gasteiger partial charge >= 0.3 is 0 Å². The first-order valence-corrected chi connectivity index (χ1v) is 11.4. The minimum absolute atomic E-state index is 0.00679. The Kier molecular flexibility index (Phi) is 5.34. The second kappa shape index (κ2) is 8.15. The van der Waals surface area contributed by atoms with Crippen molar-refractivity contribution in [2.45, 2.75) is 50.5 Å². The smallest absolute Gasteiger partial charge is 0.257 e. The van der Waals surface area contributed by atoms with Gasteiger partial charge in [0.1, 0.15) is 5.76 Å². The van der Waals surface area contributed by atoms with Gasteiger partial charge in [0.2, 0.25) is 5.91 Å². The van der Waals surface area contributed by atoms with Crippen LogP contribution in [0.1, 0.15) is 58.8 Å². The van der Waals surface area contributed by atoms with E-state index in [1.54, 1.807) is 12.3 Å². The van der Waals surface area contributed by atoms with E-state index >= 15 is 0 Å². The number of carbonyl (C=O) groups is 2. The number of nitrogens with zero attached hydrogens (tertiary/aromatic N) is 2. The SMILES string of the molecule is Cc1occc1C(=O)N1CCOC2(CCN(C(=O)CC3CCc4ccccc43)CC2)C1. The molecule has 2 amide bonds. The van der Waals surface area contributed by atoms with Crippen LogP contribution < -0.4 is 0 Å². The van der Waals surface area contributed by atoms with Gasteiger partial charge in [-0.05, 0) is 55.7 Å². The molecule has 164 valence electrons. The fourth-order valence-corrected chi connectivity index (χ4v) is 5.46. The number of piperidine rings is 1. The third kappa shape index (κ3) is 3.89. The van der Waals surface area contributed by atoms with E-state index in [-0.39, 0.29) is 17.4 Å². The summed E-state index contributed by atoms with van der Waals surface area (Å²) in [4.78, 5) is 29.8. The Morgan fingerprint density at radius 1 is 1.10 bits per heavy atom. The molecule has 6 nitrogen and oxygen atoms in total. The van der Waals surface area contributed by atoms with Gasteiger partial charge in [-0.25, -0.2) is 0 Å². The fourth-order valence-electron chi connectivity index (χ4n) is 5.46. The molecule has 1 aliphatic carbocycles. The highest BCUT2D eigenvalue weighted by Gasteiger charge is 2.42. The molecule has 0 saturated carbocycles. The van der Waals surface area contributed by atoms with Crippen LogP contribution in [0.15, 0.2) is 41.0 Å². The van der Waals surface area contributed by atoms with Crippen LogP contribution in [0.3, 0.4) is 0 Å². The molecule has 2 fully saturated rings. The van der Waals surface area contributed by atoms with Crippen LogP contribution in [0, 0.1) is 6.92 Å². The molecule has 1 unspecified atom stereocenters. The quantitative estimate of drug-likeness (QED) is 0.759. The number of fused-ring (bicyclic) bond motifs is 1. The standard InChI is InChI=1S/C25H30N2O4/c1-18-21(8-14-30-18)24(29)27-13-15-31-25(17-27)9-11-26(12-10-25)23(28)16-20-7-6-19-4-2-3-5-22(19)20/h2-5,8,14,20H,6-7,9-13,15-17H2,1H3. The van der Waals surface area contributed by atoms with Crippen molar-refractivity contribution in [2.75, 3.05) is 32.8 Å². The van der Waals surface area contributed by atoms with Crippen LogP contribution in [-0.2, 0) is 16.0 Å². The number of amides is 2. The molecule has 1 atom stereocenters.